The molecule has 0 spiro atoms. The molecule has 0 saturated heterocycles. The molecule has 16 heavy (non-hydrogen) atoms. The Morgan fingerprint density at radius 1 is 1.56 bits per heavy atom. The molecule has 0 aliphatic carbocycles. The Hall–Kier alpha value is -1.52. The second-order valence-corrected chi connectivity index (χ2v) is 4.09. The second kappa shape index (κ2) is 5.01. The van der Waals surface area contributed by atoms with Crippen LogP contribution in [0.4, 0.5) is 4.39 Å². The molecule has 0 aliphatic rings. The van der Waals surface area contributed by atoms with Crippen molar-refractivity contribution in [3.05, 3.63) is 47.6 Å². The van der Waals surface area contributed by atoms with E-state index < -0.39 is 5.83 Å². The van der Waals surface area contributed by atoms with Gasteiger partial charge in [0.25, 0.3) is 0 Å². The highest BCUT2D eigenvalue weighted by Crippen LogP contribution is 2.30. The standard InChI is InChI=1S/C12H10FNOS/c13-11(3-5-15)10-6-12(16-8-10)9-2-1-4-14-7-9/h1-4,6-8,15H,5H2/b11-3-. The number of hydrogen-bond donors (Lipinski definition) is 1. The lowest BCUT2D eigenvalue weighted by Gasteiger charge is -1.94. The zero-order chi connectivity index (χ0) is 11.4. The van der Waals surface area contributed by atoms with Crippen molar-refractivity contribution < 1.29 is 9.50 Å². The third kappa shape index (κ3) is 2.35. The number of nitrogens with zero attached hydrogens (tertiary/aromatic N) is 1. The lowest BCUT2D eigenvalue weighted by molar-refractivity contribution is 0.342. The molecule has 0 fully saturated rings. The summed E-state index contributed by atoms with van der Waals surface area (Å²) in [4.78, 5) is 4.97. The first-order valence-electron chi connectivity index (χ1n) is 4.77. The van der Waals surface area contributed by atoms with E-state index in [9.17, 15) is 4.39 Å². The van der Waals surface area contributed by atoms with Crippen LogP contribution in [0.2, 0.25) is 0 Å². The maximum atomic E-state index is 13.4. The van der Waals surface area contributed by atoms with Crippen molar-refractivity contribution in [2.24, 2.45) is 0 Å². The average Bonchev–Trinajstić information content (AvgIpc) is 2.80. The Bertz CT molecular complexity index is 493. The van der Waals surface area contributed by atoms with E-state index in [0.717, 1.165) is 16.5 Å². The summed E-state index contributed by atoms with van der Waals surface area (Å²) in [7, 11) is 0. The third-order valence-corrected chi connectivity index (χ3v) is 3.07. The molecule has 2 aromatic heterocycles. The van der Waals surface area contributed by atoms with Gasteiger partial charge in [0.1, 0.15) is 5.83 Å². The molecule has 0 amide bonds. The largest absolute Gasteiger partial charge is 0.392 e. The van der Waals surface area contributed by atoms with Gasteiger partial charge in [0.15, 0.2) is 0 Å². The number of aromatic nitrogens is 1. The van der Waals surface area contributed by atoms with Gasteiger partial charge in [-0.3, -0.25) is 4.98 Å². The van der Waals surface area contributed by atoms with Gasteiger partial charge in [-0.25, -0.2) is 4.39 Å². The van der Waals surface area contributed by atoms with Gasteiger partial charge in [0.05, 0.1) is 6.61 Å². The first kappa shape index (κ1) is 11.0. The summed E-state index contributed by atoms with van der Waals surface area (Å²) in [5.74, 6) is -0.395. The minimum Gasteiger partial charge on any atom is -0.392 e. The Balaban J connectivity index is 2.30. The average molecular weight is 235 g/mol. The first-order valence-corrected chi connectivity index (χ1v) is 5.65. The molecule has 2 aromatic rings. The number of aliphatic hydroxyl groups is 1. The summed E-state index contributed by atoms with van der Waals surface area (Å²) in [5, 5.41) is 10.3. The summed E-state index contributed by atoms with van der Waals surface area (Å²) in [6.07, 6.45) is 4.59. The number of rotatable bonds is 3. The zero-order valence-electron chi connectivity index (χ0n) is 8.43. The molecule has 1 N–H and O–H groups in total. The van der Waals surface area contributed by atoms with Gasteiger partial charge in [-0.15, -0.1) is 11.3 Å². The van der Waals surface area contributed by atoms with E-state index in [-0.39, 0.29) is 6.61 Å². The molecule has 0 radical (unpaired) electrons. The highest BCUT2D eigenvalue weighted by Gasteiger charge is 2.05. The lowest BCUT2D eigenvalue weighted by atomic mass is 10.2. The molecule has 82 valence electrons. The zero-order valence-corrected chi connectivity index (χ0v) is 9.25. The Morgan fingerprint density at radius 2 is 2.44 bits per heavy atom. The van der Waals surface area contributed by atoms with Gasteiger partial charge >= 0.3 is 0 Å². The highest BCUT2D eigenvalue weighted by atomic mass is 32.1. The first-order chi connectivity index (χ1) is 7.81. The van der Waals surface area contributed by atoms with Crippen LogP contribution in [-0.4, -0.2) is 16.7 Å². The maximum Gasteiger partial charge on any atom is 0.129 e. The minimum absolute atomic E-state index is 0.288. The maximum absolute atomic E-state index is 13.4. The molecule has 2 heterocycles. The number of thiophene rings is 1. The van der Waals surface area contributed by atoms with Gasteiger partial charge in [-0.05, 0) is 18.2 Å². The van der Waals surface area contributed by atoms with Crippen LogP contribution in [0, 0.1) is 0 Å². The summed E-state index contributed by atoms with van der Waals surface area (Å²) < 4.78 is 13.4. The molecule has 0 unspecified atom stereocenters. The van der Waals surface area contributed by atoms with Crippen LogP contribution in [0.5, 0.6) is 0 Å². The van der Waals surface area contributed by atoms with E-state index in [1.165, 1.54) is 11.3 Å². The third-order valence-electron chi connectivity index (χ3n) is 2.09. The molecular formula is C12H10FNOS. The summed E-state index contributed by atoms with van der Waals surface area (Å²) >= 11 is 1.45. The van der Waals surface area contributed by atoms with Gasteiger partial charge < -0.3 is 5.11 Å². The SMILES string of the molecule is OC/C=C(\F)c1csc(-c2cccnc2)c1. The molecule has 0 bridgehead atoms. The molecule has 0 aromatic carbocycles. The van der Waals surface area contributed by atoms with Crippen LogP contribution < -0.4 is 0 Å². The lowest BCUT2D eigenvalue weighted by Crippen LogP contribution is -1.77. The van der Waals surface area contributed by atoms with Gasteiger partial charge in [-0.1, -0.05) is 6.07 Å². The molecule has 0 aliphatic heterocycles. The van der Waals surface area contributed by atoms with Gasteiger partial charge in [0.2, 0.25) is 0 Å². The van der Waals surface area contributed by atoms with Crippen molar-refractivity contribution in [1.82, 2.24) is 4.98 Å². The normalized spacial score (nSPS) is 11.8. The summed E-state index contributed by atoms with van der Waals surface area (Å²) in [6, 6.07) is 5.52. The van der Waals surface area contributed by atoms with E-state index in [1.54, 1.807) is 23.8 Å². The number of halogens is 1. The van der Waals surface area contributed by atoms with Gasteiger partial charge in [-0.2, -0.15) is 0 Å². The fourth-order valence-electron chi connectivity index (χ4n) is 1.32. The van der Waals surface area contributed by atoms with Crippen LogP contribution in [-0.2, 0) is 0 Å². The molecule has 0 saturated carbocycles. The van der Waals surface area contributed by atoms with E-state index in [1.807, 2.05) is 12.1 Å². The quantitative estimate of drug-likeness (QED) is 0.886. The molecular weight excluding hydrogens is 225 g/mol. The van der Waals surface area contributed by atoms with Gasteiger partial charge in [0, 0.05) is 33.8 Å². The fourth-order valence-corrected chi connectivity index (χ4v) is 2.21. The number of aliphatic hydroxyl groups excluding tert-OH is 1. The number of pyridine rings is 1. The van der Waals surface area contributed by atoms with Crippen LogP contribution in [0.3, 0.4) is 0 Å². The van der Waals surface area contributed by atoms with E-state index in [0.29, 0.717) is 5.56 Å². The molecule has 4 heteroatoms. The summed E-state index contributed by atoms with van der Waals surface area (Å²) in [5.41, 5.74) is 1.47. The highest BCUT2D eigenvalue weighted by molar-refractivity contribution is 7.13. The van der Waals surface area contributed by atoms with Crippen molar-refractivity contribution in [3.8, 4) is 10.4 Å². The van der Waals surface area contributed by atoms with Crippen LogP contribution in [0.25, 0.3) is 16.3 Å². The Morgan fingerprint density at radius 3 is 3.12 bits per heavy atom. The van der Waals surface area contributed by atoms with Crippen LogP contribution in [0.15, 0.2) is 42.0 Å². The van der Waals surface area contributed by atoms with Crippen LogP contribution >= 0.6 is 11.3 Å². The summed E-state index contributed by atoms with van der Waals surface area (Å²) in [6.45, 7) is -0.288. The number of hydrogen-bond acceptors (Lipinski definition) is 3. The molecule has 2 nitrogen and oxygen atoms in total. The fraction of sp³-hybridized carbons (Fsp3) is 0.0833. The van der Waals surface area contributed by atoms with Crippen LogP contribution in [0.1, 0.15) is 5.56 Å². The van der Waals surface area contributed by atoms with E-state index in [2.05, 4.69) is 4.98 Å². The Labute approximate surface area is 96.7 Å². The smallest absolute Gasteiger partial charge is 0.129 e. The van der Waals surface area contributed by atoms with Crippen molar-refractivity contribution in [2.75, 3.05) is 6.61 Å². The van der Waals surface area contributed by atoms with Crippen molar-refractivity contribution in [1.29, 1.82) is 0 Å². The molecule has 2 rings (SSSR count). The predicted molar refractivity (Wildman–Crippen MR) is 63.7 cm³/mol. The monoisotopic (exact) mass is 235 g/mol. The van der Waals surface area contributed by atoms with Crippen molar-refractivity contribution >= 4 is 17.2 Å². The van der Waals surface area contributed by atoms with Crippen molar-refractivity contribution in [3.63, 3.8) is 0 Å². The minimum atomic E-state index is -0.395. The van der Waals surface area contributed by atoms with E-state index in [4.69, 9.17) is 5.11 Å². The van der Waals surface area contributed by atoms with Crippen molar-refractivity contribution in [2.45, 2.75) is 0 Å². The predicted octanol–water partition coefficient (Wildman–Crippen LogP) is 3.11. The molecule has 0 atom stereocenters. The topological polar surface area (TPSA) is 33.1 Å². The van der Waals surface area contributed by atoms with E-state index >= 15 is 0 Å². The Kier molecular flexibility index (Phi) is 3.44. The second-order valence-electron chi connectivity index (χ2n) is 3.18.